The fraction of sp³-hybridized carbons (Fsp3) is 0.174. The SMILES string of the molecule is C=CCOC(=O)c1cc(Br)c(OCc2cccc3ccccc23)c(OCC)c1. The molecule has 0 heterocycles. The fourth-order valence-corrected chi connectivity index (χ4v) is 3.43. The van der Waals surface area contributed by atoms with Crippen LogP contribution in [0.5, 0.6) is 11.5 Å². The average molecular weight is 441 g/mol. The largest absolute Gasteiger partial charge is 0.490 e. The van der Waals surface area contributed by atoms with Crippen molar-refractivity contribution in [2.45, 2.75) is 13.5 Å². The van der Waals surface area contributed by atoms with E-state index in [4.69, 9.17) is 14.2 Å². The Kier molecular flexibility index (Phi) is 6.71. The average Bonchev–Trinajstić information content (AvgIpc) is 2.71. The van der Waals surface area contributed by atoms with Gasteiger partial charge in [0.15, 0.2) is 11.5 Å². The van der Waals surface area contributed by atoms with Gasteiger partial charge in [0.05, 0.1) is 16.6 Å². The maximum absolute atomic E-state index is 12.2. The van der Waals surface area contributed by atoms with Gasteiger partial charge in [-0.1, -0.05) is 55.1 Å². The second kappa shape index (κ2) is 9.42. The highest BCUT2D eigenvalue weighted by atomic mass is 79.9. The third kappa shape index (κ3) is 4.54. The number of rotatable bonds is 8. The minimum atomic E-state index is -0.442. The summed E-state index contributed by atoms with van der Waals surface area (Å²) in [6, 6.07) is 17.6. The molecule has 0 saturated heterocycles. The van der Waals surface area contributed by atoms with Gasteiger partial charge < -0.3 is 14.2 Å². The second-order valence-corrected chi connectivity index (χ2v) is 6.89. The smallest absolute Gasteiger partial charge is 0.338 e. The van der Waals surface area contributed by atoms with Crippen molar-refractivity contribution < 1.29 is 19.0 Å². The molecule has 0 N–H and O–H groups in total. The molecule has 0 spiro atoms. The molecule has 0 atom stereocenters. The first-order valence-corrected chi connectivity index (χ1v) is 9.77. The van der Waals surface area contributed by atoms with Gasteiger partial charge in [-0.2, -0.15) is 0 Å². The molecule has 0 fully saturated rings. The van der Waals surface area contributed by atoms with E-state index in [9.17, 15) is 4.79 Å². The van der Waals surface area contributed by atoms with Gasteiger partial charge in [-0.3, -0.25) is 0 Å². The normalized spacial score (nSPS) is 10.5. The molecule has 28 heavy (non-hydrogen) atoms. The van der Waals surface area contributed by atoms with Crippen molar-refractivity contribution in [2.24, 2.45) is 0 Å². The predicted octanol–water partition coefficient (Wildman–Crippen LogP) is 5.92. The highest BCUT2D eigenvalue weighted by Crippen LogP contribution is 2.38. The Hall–Kier alpha value is -2.79. The number of benzene rings is 3. The monoisotopic (exact) mass is 440 g/mol. The van der Waals surface area contributed by atoms with E-state index in [1.54, 1.807) is 12.1 Å². The van der Waals surface area contributed by atoms with Gasteiger partial charge in [-0.15, -0.1) is 0 Å². The first-order chi connectivity index (χ1) is 13.6. The number of halogens is 1. The van der Waals surface area contributed by atoms with Crippen molar-refractivity contribution in [3.8, 4) is 11.5 Å². The Bertz CT molecular complexity index is 992. The van der Waals surface area contributed by atoms with Crippen LogP contribution in [0.2, 0.25) is 0 Å². The zero-order valence-electron chi connectivity index (χ0n) is 15.6. The summed E-state index contributed by atoms with van der Waals surface area (Å²) >= 11 is 3.49. The van der Waals surface area contributed by atoms with Gasteiger partial charge in [0.2, 0.25) is 0 Å². The van der Waals surface area contributed by atoms with E-state index in [2.05, 4.69) is 40.7 Å². The summed E-state index contributed by atoms with van der Waals surface area (Å²) in [5.74, 6) is 0.597. The lowest BCUT2D eigenvalue weighted by atomic mass is 10.1. The number of ether oxygens (including phenoxy) is 3. The molecule has 3 aromatic carbocycles. The van der Waals surface area contributed by atoms with Crippen molar-refractivity contribution in [3.05, 3.63) is 82.9 Å². The molecule has 0 aliphatic heterocycles. The molecule has 144 valence electrons. The van der Waals surface area contributed by atoms with Crippen LogP contribution in [0.1, 0.15) is 22.8 Å². The molecule has 5 heteroatoms. The molecule has 3 aromatic rings. The molecule has 4 nitrogen and oxygen atoms in total. The number of carbonyl (C=O) groups excluding carboxylic acids is 1. The van der Waals surface area contributed by atoms with Crippen LogP contribution in [0.25, 0.3) is 10.8 Å². The quantitative estimate of drug-likeness (QED) is 0.322. The van der Waals surface area contributed by atoms with Crippen molar-refractivity contribution in [1.82, 2.24) is 0 Å². The summed E-state index contributed by atoms with van der Waals surface area (Å²) in [6.45, 7) is 6.40. The fourth-order valence-electron chi connectivity index (χ4n) is 2.88. The number of fused-ring (bicyclic) bond motifs is 1. The summed E-state index contributed by atoms with van der Waals surface area (Å²) in [6.07, 6.45) is 1.53. The summed E-state index contributed by atoms with van der Waals surface area (Å²) in [7, 11) is 0. The number of esters is 1. The lowest BCUT2D eigenvalue weighted by molar-refractivity contribution is 0.0549. The molecular weight excluding hydrogens is 420 g/mol. The molecule has 0 radical (unpaired) electrons. The molecule has 0 bridgehead atoms. The van der Waals surface area contributed by atoms with E-state index >= 15 is 0 Å². The van der Waals surface area contributed by atoms with Crippen LogP contribution < -0.4 is 9.47 Å². The molecule has 0 aliphatic carbocycles. The van der Waals surface area contributed by atoms with E-state index in [0.29, 0.717) is 34.7 Å². The van der Waals surface area contributed by atoms with Crippen LogP contribution in [-0.2, 0) is 11.3 Å². The van der Waals surface area contributed by atoms with Crippen LogP contribution in [0, 0.1) is 0 Å². The number of hydrogen-bond acceptors (Lipinski definition) is 4. The van der Waals surface area contributed by atoms with Gasteiger partial charge in [-0.25, -0.2) is 4.79 Å². The Morgan fingerprint density at radius 3 is 2.68 bits per heavy atom. The van der Waals surface area contributed by atoms with Crippen LogP contribution in [0.4, 0.5) is 0 Å². The highest BCUT2D eigenvalue weighted by molar-refractivity contribution is 9.10. The third-order valence-electron chi connectivity index (χ3n) is 4.13. The first-order valence-electron chi connectivity index (χ1n) is 8.97. The number of hydrogen-bond donors (Lipinski definition) is 0. The van der Waals surface area contributed by atoms with Gasteiger partial charge >= 0.3 is 5.97 Å². The maximum Gasteiger partial charge on any atom is 0.338 e. The maximum atomic E-state index is 12.2. The van der Waals surface area contributed by atoms with Gasteiger partial charge in [-0.05, 0) is 51.3 Å². The van der Waals surface area contributed by atoms with Gasteiger partial charge in [0.25, 0.3) is 0 Å². The highest BCUT2D eigenvalue weighted by Gasteiger charge is 2.17. The molecule has 0 amide bonds. The summed E-state index contributed by atoms with van der Waals surface area (Å²) in [4.78, 5) is 12.2. The van der Waals surface area contributed by atoms with Crippen LogP contribution >= 0.6 is 15.9 Å². The zero-order valence-corrected chi connectivity index (χ0v) is 17.2. The van der Waals surface area contributed by atoms with E-state index in [1.807, 2.05) is 31.2 Å². The summed E-state index contributed by atoms with van der Waals surface area (Å²) in [5.41, 5.74) is 1.46. The summed E-state index contributed by atoms with van der Waals surface area (Å²) < 4.78 is 17.5. The first kappa shape index (κ1) is 20.0. The topological polar surface area (TPSA) is 44.8 Å². The van der Waals surface area contributed by atoms with Crippen molar-refractivity contribution in [1.29, 1.82) is 0 Å². The van der Waals surface area contributed by atoms with Gasteiger partial charge in [0.1, 0.15) is 13.2 Å². The van der Waals surface area contributed by atoms with Crippen molar-refractivity contribution in [3.63, 3.8) is 0 Å². The van der Waals surface area contributed by atoms with Crippen molar-refractivity contribution >= 4 is 32.7 Å². The molecule has 0 aliphatic rings. The molecule has 3 rings (SSSR count). The Balaban J connectivity index is 1.88. The Morgan fingerprint density at radius 1 is 1.11 bits per heavy atom. The molecule has 0 unspecified atom stereocenters. The third-order valence-corrected chi connectivity index (χ3v) is 4.72. The van der Waals surface area contributed by atoms with Crippen LogP contribution in [0.15, 0.2) is 71.7 Å². The molecule has 0 aromatic heterocycles. The Labute approximate surface area is 172 Å². The van der Waals surface area contributed by atoms with Gasteiger partial charge in [0, 0.05) is 0 Å². The minimum Gasteiger partial charge on any atom is -0.490 e. The van der Waals surface area contributed by atoms with E-state index in [0.717, 1.165) is 16.3 Å². The van der Waals surface area contributed by atoms with Crippen LogP contribution in [-0.4, -0.2) is 19.2 Å². The van der Waals surface area contributed by atoms with E-state index in [-0.39, 0.29) is 6.61 Å². The Morgan fingerprint density at radius 2 is 1.89 bits per heavy atom. The van der Waals surface area contributed by atoms with Crippen molar-refractivity contribution in [2.75, 3.05) is 13.2 Å². The predicted molar refractivity (Wildman–Crippen MR) is 114 cm³/mol. The standard InChI is InChI=1S/C23H21BrO4/c1-3-12-27-23(25)18-13-20(24)22(21(14-18)26-4-2)28-15-17-10-7-9-16-8-5-6-11-19(16)17/h3,5-11,13-14H,1,4,12,15H2,2H3. The van der Waals surface area contributed by atoms with E-state index < -0.39 is 5.97 Å². The molecular formula is C23H21BrO4. The number of carbonyl (C=O) groups is 1. The lowest BCUT2D eigenvalue weighted by Gasteiger charge is -2.16. The lowest BCUT2D eigenvalue weighted by Crippen LogP contribution is -2.07. The van der Waals surface area contributed by atoms with Crippen LogP contribution in [0.3, 0.4) is 0 Å². The summed E-state index contributed by atoms with van der Waals surface area (Å²) in [5, 5.41) is 2.30. The van der Waals surface area contributed by atoms with E-state index in [1.165, 1.54) is 6.08 Å². The zero-order chi connectivity index (χ0) is 19.9. The second-order valence-electron chi connectivity index (χ2n) is 6.03. The minimum absolute atomic E-state index is 0.153. The molecule has 0 saturated carbocycles.